The van der Waals surface area contributed by atoms with Crippen LogP contribution in [0.3, 0.4) is 0 Å². The Morgan fingerprint density at radius 3 is 2.70 bits per heavy atom. The van der Waals surface area contributed by atoms with Crippen molar-refractivity contribution in [1.29, 1.82) is 0 Å². The smallest absolute Gasteiger partial charge is 0.278 e. The van der Waals surface area contributed by atoms with Crippen LogP contribution >= 0.6 is 23.4 Å². The van der Waals surface area contributed by atoms with Crippen LogP contribution in [0.1, 0.15) is 24.7 Å². The molecular formula is C20H17ClN6O2S. The minimum absolute atomic E-state index is 0.173. The van der Waals surface area contributed by atoms with E-state index in [2.05, 4.69) is 25.1 Å². The summed E-state index contributed by atoms with van der Waals surface area (Å²) in [7, 11) is 0. The first-order valence-corrected chi connectivity index (χ1v) is 10.8. The molecule has 2 aromatic heterocycles. The topological polar surface area (TPSA) is 87.7 Å². The van der Waals surface area contributed by atoms with E-state index in [0.29, 0.717) is 33.6 Å². The van der Waals surface area contributed by atoms with Crippen LogP contribution in [-0.2, 0) is 12.5 Å². The lowest BCUT2D eigenvalue weighted by molar-refractivity contribution is 0.288. The van der Waals surface area contributed by atoms with Gasteiger partial charge in [0.15, 0.2) is 11.0 Å². The molecule has 1 aliphatic carbocycles. The van der Waals surface area contributed by atoms with Crippen molar-refractivity contribution in [3.05, 3.63) is 69.7 Å². The van der Waals surface area contributed by atoms with Gasteiger partial charge in [0.05, 0.1) is 16.3 Å². The Morgan fingerprint density at radius 2 is 1.87 bits per heavy atom. The number of para-hydroxylation sites is 1. The molecule has 0 unspecified atom stereocenters. The van der Waals surface area contributed by atoms with Crippen molar-refractivity contribution in [2.75, 3.05) is 0 Å². The van der Waals surface area contributed by atoms with Gasteiger partial charge in [0, 0.05) is 6.04 Å². The van der Waals surface area contributed by atoms with Gasteiger partial charge in [-0.1, -0.05) is 52.8 Å². The molecule has 0 bridgehead atoms. The largest absolute Gasteiger partial charge is 0.484 e. The van der Waals surface area contributed by atoms with Gasteiger partial charge >= 0.3 is 0 Å². The number of aromatic nitrogens is 6. The summed E-state index contributed by atoms with van der Waals surface area (Å²) in [5.74, 6) is 1.64. The lowest BCUT2D eigenvalue weighted by Crippen LogP contribution is -2.23. The highest BCUT2D eigenvalue weighted by Crippen LogP contribution is 2.39. The lowest BCUT2D eigenvalue weighted by Gasteiger charge is -2.11. The number of hydrogen-bond acceptors (Lipinski definition) is 7. The minimum atomic E-state index is -0.173. The average molecular weight is 441 g/mol. The van der Waals surface area contributed by atoms with Crippen LogP contribution in [-0.4, -0.2) is 29.8 Å². The molecule has 152 valence electrons. The monoisotopic (exact) mass is 440 g/mol. The molecule has 0 spiro atoms. The number of halogens is 1. The van der Waals surface area contributed by atoms with Gasteiger partial charge in [-0.15, -0.1) is 15.3 Å². The summed E-state index contributed by atoms with van der Waals surface area (Å²) in [6.45, 7) is 0.267. The van der Waals surface area contributed by atoms with Gasteiger partial charge in [0.1, 0.15) is 17.9 Å². The fraction of sp³-hybridized carbons (Fsp3) is 0.250. The van der Waals surface area contributed by atoms with Crippen LogP contribution in [0.25, 0.3) is 10.9 Å². The van der Waals surface area contributed by atoms with E-state index in [9.17, 15) is 4.79 Å². The van der Waals surface area contributed by atoms with E-state index >= 15 is 0 Å². The van der Waals surface area contributed by atoms with Crippen molar-refractivity contribution in [2.45, 2.75) is 36.5 Å². The van der Waals surface area contributed by atoms with E-state index < -0.39 is 0 Å². The van der Waals surface area contributed by atoms with Gasteiger partial charge in [-0.2, -0.15) is 4.68 Å². The van der Waals surface area contributed by atoms with Gasteiger partial charge in [-0.3, -0.25) is 9.36 Å². The number of benzene rings is 2. The molecule has 1 aliphatic rings. The van der Waals surface area contributed by atoms with Crippen molar-refractivity contribution in [2.24, 2.45) is 0 Å². The van der Waals surface area contributed by atoms with Gasteiger partial charge in [-0.25, -0.2) is 0 Å². The number of fused-ring (bicyclic) bond motifs is 1. The Bertz CT molecular complexity index is 1270. The van der Waals surface area contributed by atoms with Gasteiger partial charge < -0.3 is 4.74 Å². The molecule has 1 fully saturated rings. The predicted molar refractivity (Wildman–Crippen MR) is 114 cm³/mol. The van der Waals surface area contributed by atoms with Crippen molar-refractivity contribution in [3.8, 4) is 5.75 Å². The summed E-state index contributed by atoms with van der Waals surface area (Å²) >= 11 is 7.57. The second-order valence-electron chi connectivity index (χ2n) is 6.90. The van der Waals surface area contributed by atoms with Crippen LogP contribution in [0.5, 0.6) is 5.75 Å². The molecule has 0 radical (unpaired) electrons. The van der Waals surface area contributed by atoms with E-state index in [4.69, 9.17) is 16.3 Å². The molecular weight excluding hydrogens is 424 g/mol. The number of thioether (sulfide) groups is 1. The summed E-state index contributed by atoms with van der Waals surface area (Å²) in [5, 5.41) is 18.6. The zero-order chi connectivity index (χ0) is 20.5. The number of nitrogens with zero attached hydrogens (tertiary/aromatic N) is 6. The Kier molecular flexibility index (Phi) is 5.14. The molecule has 4 aromatic rings. The zero-order valence-corrected chi connectivity index (χ0v) is 17.4. The van der Waals surface area contributed by atoms with Crippen molar-refractivity contribution in [1.82, 2.24) is 29.8 Å². The number of hydrogen-bond donors (Lipinski definition) is 0. The Balaban J connectivity index is 1.35. The molecule has 0 atom stereocenters. The van der Waals surface area contributed by atoms with Gasteiger partial charge in [-0.05, 0) is 37.1 Å². The van der Waals surface area contributed by atoms with E-state index in [1.54, 1.807) is 18.2 Å². The number of rotatable bonds is 7. The minimum Gasteiger partial charge on any atom is -0.484 e. The quantitative estimate of drug-likeness (QED) is 0.405. The molecule has 30 heavy (non-hydrogen) atoms. The van der Waals surface area contributed by atoms with Gasteiger partial charge in [0.2, 0.25) is 0 Å². The Labute approximate surface area is 180 Å². The third kappa shape index (κ3) is 3.78. The summed E-state index contributed by atoms with van der Waals surface area (Å²) in [6, 6.07) is 14.9. The first-order valence-electron chi connectivity index (χ1n) is 9.47. The summed E-state index contributed by atoms with van der Waals surface area (Å²) < 4.78 is 9.27. The SMILES string of the molecule is O=c1c2ccccc2nnn1CSc1nnc(COc2ccccc2Cl)n1C1CC1. The first-order chi connectivity index (χ1) is 14.7. The molecule has 0 N–H and O–H groups in total. The molecule has 0 aliphatic heterocycles. The first kappa shape index (κ1) is 19.1. The van der Waals surface area contributed by atoms with E-state index in [1.807, 2.05) is 30.3 Å². The summed E-state index contributed by atoms with van der Waals surface area (Å²) in [4.78, 5) is 12.6. The second-order valence-corrected chi connectivity index (χ2v) is 8.22. The fourth-order valence-electron chi connectivity index (χ4n) is 3.13. The van der Waals surface area contributed by atoms with Gasteiger partial charge in [0.25, 0.3) is 5.56 Å². The van der Waals surface area contributed by atoms with Crippen LogP contribution in [0, 0.1) is 0 Å². The molecule has 2 heterocycles. The van der Waals surface area contributed by atoms with Crippen LogP contribution in [0.4, 0.5) is 0 Å². The number of ether oxygens (including phenoxy) is 1. The maximum absolute atomic E-state index is 12.6. The molecule has 0 amide bonds. The highest BCUT2D eigenvalue weighted by molar-refractivity contribution is 7.98. The average Bonchev–Trinajstić information content (AvgIpc) is 3.53. The van der Waals surface area contributed by atoms with Crippen LogP contribution < -0.4 is 10.3 Å². The third-order valence-corrected chi connectivity index (χ3v) is 6.01. The Morgan fingerprint density at radius 1 is 1.07 bits per heavy atom. The summed E-state index contributed by atoms with van der Waals surface area (Å²) in [6.07, 6.45) is 2.14. The Hall–Kier alpha value is -2.91. The maximum atomic E-state index is 12.6. The van der Waals surface area contributed by atoms with Crippen molar-refractivity contribution >= 4 is 34.3 Å². The standard InChI is InChI=1S/C20H17ClN6O2S/c21-15-6-2-4-8-17(15)29-11-18-23-24-20(27(18)13-9-10-13)30-12-26-19(28)14-5-1-3-7-16(14)22-25-26/h1-8,13H,9-12H2. The normalized spacial score (nSPS) is 13.6. The van der Waals surface area contributed by atoms with E-state index in [1.165, 1.54) is 16.4 Å². The predicted octanol–water partition coefficient (Wildman–Crippen LogP) is 3.70. The van der Waals surface area contributed by atoms with Crippen molar-refractivity contribution < 1.29 is 4.74 Å². The van der Waals surface area contributed by atoms with Crippen molar-refractivity contribution in [3.63, 3.8) is 0 Å². The fourth-order valence-corrected chi connectivity index (χ4v) is 4.22. The third-order valence-electron chi connectivity index (χ3n) is 4.79. The molecule has 8 nitrogen and oxygen atoms in total. The second kappa shape index (κ2) is 8.08. The van der Waals surface area contributed by atoms with Crippen LogP contribution in [0.2, 0.25) is 5.02 Å². The molecule has 10 heteroatoms. The lowest BCUT2D eigenvalue weighted by atomic mass is 10.2. The highest BCUT2D eigenvalue weighted by atomic mass is 35.5. The molecule has 0 saturated heterocycles. The van der Waals surface area contributed by atoms with E-state index in [0.717, 1.165) is 23.8 Å². The molecule has 5 rings (SSSR count). The molecule has 2 aromatic carbocycles. The van der Waals surface area contributed by atoms with E-state index in [-0.39, 0.29) is 12.2 Å². The van der Waals surface area contributed by atoms with Crippen LogP contribution in [0.15, 0.2) is 58.5 Å². The maximum Gasteiger partial charge on any atom is 0.278 e. The molecule has 1 saturated carbocycles. The highest BCUT2D eigenvalue weighted by Gasteiger charge is 2.30. The summed E-state index contributed by atoms with van der Waals surface area (Å²) in [5.41, 5.74) is 0.414. The zero-order valence-electron chi connectivity index (χ0n) is 15.8.